The fourth-order valence-electron chi connectivity index (χ4n) is 4.05. The second-order valence-corrected chi connectivity index (χ2v) is 8.12. The maximum Gasteiger partial charge on any atom is 0.246 e. The molecular formula is C24H30N4O3. The van der Waals surface area contributed by atoms with Crippen molar-refractivity contribution < 1.29 is 14.3 Å². The number of likely N-dealkylation sites (tertiary alicyclic amines) is 1. The summed E-state index contributed by atoms with van der Waals surface area (Å²) in [4.78, 5) is 26.2. The van der Waals surface area contributed by atoms with Gasteiger partial charge in [-0.2, -0.15) is 0 Å². The van der Waals surface area contributed by atoms with Gasteiger partial charge in [-0.15, -0.1) is 0 Å². The van der Waals surface area contributed by atoms with E-state index in [1.165, 1.54) is 11.6 Å². The lowest BCUT2D eigenvalue weighted by atomic mass is 9.96. The number of hydrogen-bond donors (Lipinski definition) is 2. The van der Waals surface area contributed by atoms with Gasteiger partial charge >= 0.3 is 0 Å². The summed E-state index contributed by atoms with van der Waals surface area (Å²) in [6, 6.07) is 8.05. The standard InChI is InChI=1S/C24H30N4O3/c1-16(2)17-6-8-19(9-7-17)28-14-20(21(15-29)23(28)24(25)26)18-10-11-27(13-18)22(30)5-4-12-31-3/h4-9,14-16,18H,10-13H2,1-3H3,(H3,25,26)/b5-4+. The lowest BCUT2D eigenvalue weighted by Gasteiger charge is -2.14. The van der Waals surface area contributed by atoms with E-state index in [-0.39, 0.29) is 17.7 Å². The van der Waals surface area contributed by atoms with Crippen molar-refractivity contribution in [3.8, 4) is 5.69 Å². The molecule has 1 aromatic heterocycles. The zero-order valence-electron chi connectivity index (χ0n) is 18.3. The van der Waals surface area contributed by atoms with Gasteiger partial charge in [0, 0.05) is 49.6 Å². The van der Waals surface area contributed by atoms with Gasteiger partial charge in [-0.05, 0) is 35.6 Å². The number of amidine groups is 1. The number of nitrogens with two attached hydrogens (primary N) is 1. The number of nitrogens with one attached hydrogen (secondary N) is 1. The average Bonchev–Trinajstić information content (AvgIpc) is 3.38. The number of rotatable bonds is 8. The smallest absolute Gasteiger partial charge is 0.246 e. The molecule has 0 saturated carbocycles. The topological polar surface area (TPSA) is 101 Å². The summed E-state index contributed by atoms with van der Waals surface area (Å²) in [7, 11) is 1.58. The molecule has 0 spiro atoms. The van der Waals surface area contributed by atoms with Crippen LogP contribution in [-0.4, -0.2) is 54.3 Å². The van der Waals surface area contributed by atoms with Crippen molar-refractivity contribution in [3.05, 3.63) is 65.0 Å². The predicted octanol–water partition coefficient (Wildman–Crippen LogP) is 3.22. The van der Waals surface area contributed by atoms with Crippen LogP contribution >= 0.6 is 0 Å². The number of carbonyl (C=O) groups excluding carboxylic acids is 2. The molecule has 3 N–H and O–H groups in total. The molecule has 31 heavy (non-hydrogen) atoms. The van der Waals surface area contributed by atoms with Crippen LogP contribution in [0.3, 0.4) is 0 Å². The van der Waals surface area contributed by atoms with Gasteiger partial charge in [-0.1, -0.05) is 32.1 Å². The van der Waals surface area contributed by atoms with Crippen LogP contribution in [0, 0.1) is 5.41 Å². The van der Waals surface area contributed by atoms with Gasteiger partial charge in [0.25, 0.3) is 0 Å². The normalized spacial score (nSPS) is 16.4. The summed E-state index contributed by atoms with van der Waals surface area (Å²) in [5, 5.41) is 8.08. The molecule has 1 amide bonds. The highest BCUT2D eigenvalue weighted by Crippen LogP contribution is 2.33. The molecule has 1 aliphatic heterocycles. The van der Waals surface area contributed by atoms with Gasteiger partial charge < -0.3 is 19.9 Å². The van der Waals surface area contributed by atoms with E-state index >= 15 is 0 Å². The van der Waals surface area contributed by atoms with Crippen molar-refractivity contribution in [3.63, 3.8) is 0 Å². The van der Waals surface area contributed by atoms with E-state index in [0.29, 0.717) is 36.9 Å². The first kappa shape index (κ1) is 22.5. The van der Waals surface area contributed by atoms with Crippen LogP contribution in [0.25, 0.3) is 5.69 Å². The molecule has 2 aromatic rings. The first-order valence-corrected chi connectivity index (χ1v) is 10.5. The molecule has 1 atom stereocenters. The Hall–Kier alpha value is -3.19. The molecule has 164 valence electrons. The summed E-state index contributed by atoms with van der Waals surface area (Å²) in [6.45, 7) is 5.78. The van der Waals surface area contributed by atoms with Crippen molar-refractivity contribution in [1.29, 1.82) is 5.41 Å². The first-order valence-electron chi connectivity index (χ1n) is 10.5. The summed E-state index contributed by atoms with van der Waals surface area (Å²) >= 11 is 0. The van der Waals surface area contributed by atoms with Gasteiger partial charge in [-0.25, -0.2) is 0 Å². The fourth-order valence-corrected chi connectivity index (χ4v) is 4.05. The van der Waals surface area contributed by atoms with E-state index in [9.17, 15) is 9.59 Å². The van der Waals surface area contributed by atoms with E-state index in [1.54, 1.807) is 18.1 Å². The SMILES string of the molecule is COC/C=C/C(=O)N1CCC(c2cn(-c3ccc(C(C)C)cc3)c(C(=N)N)c2C=O)C1. The molecule has 1 aliphatic rings. The van der Waals surface area contributed by atoms with E-state index in [4.69, 9.17) is 15.9 Å². The Kier molecular flexibility index (Phi) is 7.07. The lowest BCUT2D eigenvalue weighted by Crippen LogP contribution is -2.26. The number of ether oxygens (including phenoxy) is 1. The average molecular weight is 423 g/mol. The van der Waals surface area contributed by atoms with Crippen LogP contribution in [0.4, 0.5) is 0 Å². The van der Waals surface area contributed by atoms with Crippen molar-refractivity contribution in [2.45, 2.75) is 32.1 Å². The molecule has 7 nitrogen and oxygen atoms in total. The fraction of sp³-hybridized carbons (Fsp3) is 0.375. The Labute approximate surface area is 183 Å². The van der Waals surface area contributed by atoms with Crippen LogP contribution < -0.4 is 5.73 Å². The largest absolute Gasteiger partial charge is 0.382 e. The maximum atomic E-state index is 12.4. The van der Waals surface area contributed by atoms with Crippen molar-refractivity contribution in [1.82, 2.24) is 9.47 Å². The molecule has 1 saturated heterocycles. The van der Waals surface area contributed by atoms with Gasteiger partial charge in [0.1, 0.15) is 5.84 Å². The van der Waals surface area contributed by atoms with Gasteiger partial charge in [0.05, 0.1) is 12.3 Å². The molecule has 7 heteroatoms. The highest BCUT2D eigenvalue weighted by Gasteiger charge is 2.31. The molecule has 2 heterocycles. The zero-order chi connectivity index (χ0) is 22.5. The molecule has 1 fully saturated rings. The predicted molar refractivity (Wildman–Crippen MR) is 121 cm³/mol. The third-order valence-electron chi connectivity index (χ3n) is 5.75. The van der Waals surface area contributed by atoms with E-state index in [2.05, 4.69) is 13.8 Å². The monoisotopic (exact) mass is 422 g/mol. The first-order chi connectivity index (χ1) is 14.9. The minimum atomic E-state index is -0.158. The quantitative estimate of drug-likeness (QED) is 0.295. The summed E-state index contributed by atoms with van der Waals surface area (Å²) in [5.74, 6) is 0.193. The number of methoxy groups -OCH3 is 1. The number of nitrogen functional groups attached to an aromatic ring is 1. The number of carbonyl (C=O) groups is 2. The Bertz CT molecular complexity index is 989. The summed E-state index contributed by atoms with van der Waals surface area (Å²) in [6.07, 6.45) is 6.63. The van der Waals surface area contributed by atoms with E-state index < -0.39 is 0 Å². The minimum Gasteiger partial charge on any atom is -0.382 e. The van der Waals surface area contributed by atoms with Crippen molar-refractivity contribution in [2.24, 2.45) is 5.73 Å². The Morgan fingerprint density at radius 3 is 2.61 bits per heavy atom. The zero-order valence-corrected chi connectivity index (χ0v) is 18.3. The molecule has 0 radical (unpaired) electrons. The molecule has 0 bridgehead atoms. The summed E-state index contributed by atoms with van der Waals surface area (Å²) < 4.78 is 6.76. The van der Waals surface area contributed by atoms with Crippen LogP contribution in [-0.2, 0) is 9.53 Å². The van der Waals surface area contributed by atoms with Crippen molar-refractivity contribution in [2.75, 3.05) is 26.8 Å². The molecule has 3 rings (SSSR count). The number of hydrogen-bond acceptors (Lipinski definition) is 4. The highest BCUT2D eigenvalue weighted by molar-refractivity contribution is 6.02. The van der Waals surface area contributed by atoms with Gasteiger partial charge in [-0.3, -0.25) is 15.0 Å². The number of aromatic nitrogens is 1. The van der Waals surface area contributed by atoms with Gasteiger partial charge in [0.15, 0.2) is 6.29 Å². The number of amides is 1. The van der Waals surface area contributed by atoms with Crippen LogP contribution in [0.2, 0.25) is 0 Å². The number of nitrogens with zero attached hydrogens (tertiary/aromatic N) is 2. The van der Waals surface area contributed by atoms with Gasteiger partial charge in [0.2, 0.25) is 5.91 Å². The lowest BCUT2D eigenvalue weighted by molar-refractivity contribution is -0.125. The van der Waals surface area contributed by atoms with E-state index in [0.717, 1.165) is 24.0 Å². The highest BCUT2D eigenvalue weighted by atomic mass is 16.5. The Morgan fingerprint density at radius 2 is 2.03 bits per heavy atom. The second-order valence-electron chi connectivity index (χ2n) is 8.12. The Balaban J connectivity index is 1.93. The number of benzene rings is 1. The minimum absolute atomic E-state index is 0.00858. The maximum absolute atomic E-state index is 12.4. The molecule has 0 aliphatic carbocycles. The summed E-state index contributed by atoms with van der Waals surface area (Å²) in [5.41, 5.74) is 9.58. The molecule has 1 unspecified atom stereocenters. The molecule has 1 aromatic carbocycles. The van der Waals surface area contributed by atoms with Crippen LogP contribution in [0.5, 0.6) is 0 Å². The van der Waals surface area contributed by atoms with E-state index in [1.807, 2.05) is 35.0 Å². The third-order valence-corrected chi connectivity index (χ3v) is 5.75. The van der Waals surface area contributed by atoms with Crippen LogP contribution in [0.15, 0.2) is 42.6 Å². The van der Waals surface area contributed by atoms with Crippen molar-refractivity contribution >= 4 is 18.0 Å². The van der Waals surface area contributed by atoms with Crippen LogP contribution in [0.1, 0.15) is 59.3 Å². The second kappa shape index (κ2) is 9.75. The molecular weight excluding hydrogens is 392 g/mol. The number of aldehydes is 1. The Morgan fingerprint density at radius 1 is 1.32 bits per heavy atom. The third kappa shape index (κ3) is 4.77.